The molecule has 1 aliphatic rings. The van der Waals surface area contributed by atoms with Crippen molar-refractivity contribution in [1.29, 1.82) is 0 Å². The molecule has 0 aliphatic carbocycles. The normalized spacial score (nSPS) is 18.9. The van der Waals surface area contributed by atoms with Crippen molar-refractivity contribution < 1.29 is 4.74 Å². The van der Waals surface area contributed by atoms with Crippen molar-refractivity contribution in [2.24, 2.45) is 5.84 Å². The van der Waals surface area contributed by atoms with Crippen LogP contribution in [-0.2, 0) is 11.3 Å². The topological polar surface area (TPSA) is 63.4 Å². The summed E-state index contributed by atoms with van der Waals surface area (Å²) in [7, 11) is 1.79. The SMILES string of the molecule is COC1CCN(Cc2cnc(NN)s2)CC1. The van der Waals surface area contributed by atoms with E-state index in [-0.39, 0.29) is 0 Å². The zero-order valence-corrected chi connectivity index (χ0v) is 10.3. The van der Waals surface area contributed by atoms with Gasteiger partial charge in [-0.2, -0.15) is 0 Å². The van der Waals surface area contributed by atoms with E-state index in [4.69, 9.17) is 10.6 Å². The van der Waals surface area contributed by atoms with Crippen LogP contribution in [0.5, 0.6) is 0 Å². The molecular formula is C10H18N4OS. The standard InChI is InChI=1S/C10H18N4OS/c1-15-8-2-4-14(5-3-8)7-9-6-12-10(13-11)16-9/h6,8H,2-5,7,11H2,1H3,(H,12,13). The number of thiazole rings is 1. The lowest BCUT2D eigenvalue weighted by Gasteiger charge is -2.30. The summed E-state index contributed by atoms with van der Waals surface area (Å²) in [6, 6.07) is 0. The molecule has 1 saturated heterocycles. The number of nitrogen functional groups attached to an aromatic ring is 1. The number of likely N-dealkylation sites (tertiary alicyclic amines) is 1. The first-order chi connectivity index (χ1) is 7.81. The Hall–Kier alpha value is -0.690. The van der Waals surface area contributed by atoms with Crippen molar-refractivity contribution in [2.45, 2.75) is 25.5 Å². The highest BCUT2D eigenvalue weighted by atomic mass is 32.1. The second-order valence-electron chi connectivity index (χ2n) is 3.99. The molecule has 1 aromatic rings. The highest BCUT2D eigenvalue weighted by Crippen LogP contribution is 2.21. The molecule has 0 aromatic carbocycles. The minimum Gasteiger partial charge on any atom is -0.381 e. The van der Waals surface area contributed by atoms with Gasteiger partial charge in [-0.15, -0.1) is 0 Å². The van der Waals surface area contributed by atoms with Crippen LogP contribution < -0.4 is 11.3 Å². The third kappa shape index (κ3) is 2.91. The Morgan fingerprint density at radius 3 is 2.94 bits per heavy atom. The number of methoxy groups -OCH3 is 1. The molecule has 2 rings (SSSR count). The number of aromatic nitrogens is 1. The molecule has 6 heteroatoms. The van der Waals surface area contributed by atoms with Crippen LogP contribution in [0, 0.1) is 0 Å². The van der Waals surface area contributed by atoms with Gasteiger partial charge in [-0.1, -0.05) is 11.3 Å². The molecule has 2 heterocycles. The van der Waals surface area contributed by atoms with Crippen molar-refractivity contribution in [1.82, 2.24) is 9.88 Å². The van der Waals surface area contributed by atoms with Gasteiger partial charge in [0.1, 0.15) is 0 Å². The Morgan fingerprint density at radius 1 is 1.62 bits per heavy atom. The van der Waals surface area contributed by atoms with Crippen molar-refractivity contribution in [3.8, 4) is 0 Å². The molecule has 1 aliphatic heterocycles. The largest absolute Gasteiger partial charge is 0.381 e. The second kappa shape index (κ2) is 5.58. The maximum absolute atomic E-state index is 5.35. The first-order valence-corrected chi connectivity index (χ1v) is 6.30. The summed E-state index contributed by atoms with van der Waals surface area (Å²) in [6.07, 6.45) is 4.58. The molecule has 1 fully saturated rings. The minimum absolute atomic E-state index is 0.444. The van der Waals surface area contributed by atoms with Crippen molar-refractivity contribution in [3.63, 3.8) is 0 Å². The van der Waals surface area contributed by atoms with Crippen LogP contribution in [0.2, 0.25) is 0 Å². The summed E-state index contributed by atoms with van der Waals surface area (Å²) in [4.78, 5) is 7.85. The van der Waals surface area contributed by atoms with Crippen LogP contribution in [0.3, 0.4) is 0 Å². The fourth-order valence-electron chi connectivity index (χ4n) is 1.97. The van der Waals surface area contributed by atoms with Gasteiger partial charge in [0, 0.05) is 37.8 Å². The van der Waals surface area contributed by atoms with E-state index < -0.39 is 0 Å². The maximum atomic E-state index is 5.35. The molecule has 0 unspecified atom stereocenters. The van der Waals surface area contributed by atoms with Gasteiger partial charge >= 0.3 is 0 Å². The monoisotopic (exact) mass is 242 g/mol. The van der Waals surface area contributed by atoms with Gasteiger partial charge in [0.2, 0.25) is 0 Å². The number of piperidine rings is 1. The number of hydrogen-bond donors (Lipinski definition) is 2. The minimum atomic E-state index is 0.444. The molecule has 0 radical (unpaired) electrons. The van der Waals surface area contributed by atoms with E-state index in [2.05, 4.69) is 15.3 Å². The molecule has 3 N–H and O–H groups in total. The highest BCUT2D eigenvalue weighted by Gasteiger charge is 2.19. The molecule has 0 saturated carbocycles. The number of nitrogens with two attached hydrogens (primary N) is 1. The zero-order valence-electron chi connectivity index (χ0n) is 9.48. The average Bonchev–Trinajstić information content (AvgIpc) is 2.78. The predicted octanol–water partition coefficient (Wildman–Crippen LogP) is 1.04. The molecule has 0 atom stereocenters. The van der Waals surface area contributed by atoms with E-state index >= 15 is 0 Å². The summed E-state index contributed by atoms with van der Waals surface area (Å²) in [5.74, 6) is 5.30. The van der Waals surface area contributed by atoms with Crippen LogP contribution in [0.15, 0.2) is 6.20 Å². The molecule has 0 amide bonds. The Kier molecular flexibility index (Phi) is 4.11. The maximum Gasteiger partial charge on any atom is 0.197 e. The zero-order chi connectivity index (χ0) is 11.4. The van der Waals surface area contributed by atoms with Gasteiger partial charge in [-0.05, 0) is 12.8 Å². The first kappa shape index (κ1) is 11.8. The van der Waals surface area contributed by atoms with Gasteiger partial charge < -0.3 is 4.74 Å². The summed E-state index contributed by atoms with van der Waals surface area (Å²) < 4.78 is 5.35. The molecule has 1 aromatic heterocycles. The third-order valence-electron chi connectivity index (χ3n) is 2.92. The van der Waals surface area contributed by atoms with Crippen molar-refractivity contribution >= 4 is 16.5 Å². The summed E-state index contributed by atoms with van der Waals surface area (Å²) in [5.41, 5.74) is 2.57. The number of hydrogen-bond acceptors (Lipinski definition) is 6. The number of nitrogens with zero attached hydrogens (tertiary/aromatic N) is 2. The summed E-state index contributed by atoms with van der Waals surface area (Å²) >= 11 is 1.61. The molecule has 90 valence electrons. The number of nitrogens with one attached hydrogen (secondary N) is 1. The van der Waals surface area contributed by atoms with Crippen LogP contribution in [0.25, 0.3) is 0 Å². The lowest BCUT2D eigenvalue weighted by molar-refractivity contribution is 0.0391. The number of hydrazine groups is 1. The number of ether oxygens (including phenoxy) is 1. The van der Waals surface area contributed by atoms with E-state index in [9.17, 15) is 0 Å². The van der Waals surface area contributed by atoms with E-state index in [1.54, 1.807) is 18.4 Å². The fraction of sp³-hybridized carbons (Fsp3) is 0.700. The Morgan fingerprint density at radius 2 is 2.38 bits per heavy atom. The average molecular weight is 242 g/mol. The molecular weight excluding hydrogens is 224 g/mol. The number of anilines is 1. The summed E-state index contributed by atoms with van der Waals surface area (Å²) in [5, 5.41) is 0.779. The van der Waals surface area contributed by atoms with E-state index in [1.807, 2.05) is 6.20 Å². The molecule has 0 bridgehead atoms. The van der Waals surface area contributed by atoms with Gasteiger partial charge in [-0.3, -0.25) is 10.3 Å². The lowest BCUT2D eigenvalue weighted by atomic mass is 10.1. The lowest BCUT2D eigenvalue weighted by Crippen LogP contribution is -2.35. The van der Waals surface area contributed by atoms with Gasteiger partial charge in [0.25, 0.3) is 0 Å². The van der Waals surface area contributed by atoms with Crippen LogP contribution in [-0.4, -0.2) is 36.2 Å². The smallest absolute Gasteiger partial charge is 0.197 e. The van der Waals surface area contributed by atoms with Crippen molar-refractivity contribution in [2.75, 3.05) is 25.6 Å². The highest BCUT2D eigenvalue weighted by molar-refractivity contribution is 7.15. The fourth-order valence-corrected chi connectivity index (χ4v) is 2.74. The third-order valence-corrected chi connectivity index (χ3v) is 3.84. The summed E-state index contributed by atoms with van der Waals surface area (Å²) in [6.45, 7) is 3.17. The van der Waals surface area contributed by atoms with Gasteiger partial charge in [0.15, 0.2) is 5.13 Å². The van der Waals surface area contributed by atoms with E-state index in [0.717, 1.165) is 37.6 Å². The second-order valence-corrected chi connectivity index (χ2v) is 5.10. The first-order valence-electron chi connectivity index (χ1n) is 5.48. The molecule has 0 spiro atoms. The molecule has 16 heavy (non-hydrogen) atoms. The van der Waals surface area contributed by atoms with E-state index in [1.165, 1.54) is 4.88 Å². The van der Waals surface area contributed by atoms with Crippen molar-refractivity contribution in [3.05, 3.63) is 11.1 Å². The van der Waals surface area contributed by atoms with Crippen LogP contribution in [0.1, 0.15) is 17.7 Å². The van der Waals surface area contributed by atoms with E-state index in [0.29, 0.717) is 6.10 Å². The Bertz CT molecular complexity index is 322. The Balaban J connectivity index is 1.82. The van der Waals surface area contributed by atoms with Gasteiger partial charge in [-0.25, -0.2) is 10.8 Å². The Labute approximate surface area is 99.6 Å². The van der Waals surface area contributed by atoms with Crippen LogP contribution >= 0.6 is 11.3 Å². The quantitative estimate of drug-likeness (QED) is 0.610. The van der Waals surface area contributed by atoms with Gasteiger partial charge in [0.05, 0.1) is 6.10 Å². The molecule has 5 nitrogen and oxygen atoms in total. The predicted molar refractivity (Wildman–Crippen MR) is 65.2 cm³/mol. The number of rotatable bonds is 4. The van der Waals surface area contributed by atoms with Crippen LogP contribution in [0.4, 0.5) is 5.13 Å².